The SMILES string of the molecule is CC(N=NC(=S)N1C[C@H](C)O[C@@H](C)C1)=C1C=CC=CN1O. The number of morpholine rings is 1. The molecule has 0 aromatic rings. The van der Waals surface area contributed by atoms with Crippen molar-refractivity contribution in [2.24, 2.45) is 10.2 Å². The van der Waals surface area contributed by atoms with E-state index >= 15 is 0 Å². The fourth-order valence-electron chi connectivity index (χ4n) is 2.29. The normalized spacial score (nSPS) is 28.4. The molecule has 0 amide bonds. The number of hydrogen-bond donors (Lipinski definition) is 1. The third-order valence-corrected chi connectivity index (χ3v) is 3.53. The van der Waals surface area contributed by atoms with E-state index in [-0.39, 0.29) is 12.2 Å². The summed E-state index contributed by atoms with van der Waals surface area (Å²) in [4.78, 5) is 1.99. The van der Waals surface area contributed by atoms with Gasteiger partial charge >= 0.3 is 0 Å². The molecule has 0 unspecified atom stereocenters. The number of ether oxygens (including phenoxy) is 1. The third-order valence-electron chi connectivity index (χ3n) is 3.19. The average molecular weight is 308 g/mol. The zero-order valence-corrected chi connectivity index (χ0v) is 13.2. The van der Waals surface area contributed by atoms with E-state index in [4.69, 9.17) is 17.0 Å². The molecule has 2 atom stereocenters. The van der Waals surface area contributed by atoms with Crippen molar-refractivity contribution in [2.45, 2.75) is 33.0 Å². The van der Waals surface area contributed by atoms with Gasteiger partial charge in [-0.25, -0.2) is 5.06 Å². The van der Waals surface area contributed by atoms with Crippen LogP contribution in [-0.4, -0.2) is 45.6 Å². The summed E-state index contributed by atoms with van der Waals surface area (Å²) >= 11 is 5.31. The molecule has 0 aromatic carbocycles. The highest BCUT2D eigenvalue weighted by Gasteiger charge is 2.23. The minimum Gasteiger partial charge on any atom is -0.372 e. The summed E-state index contributed by atoms with van der Waals surface area (Å²) in [5.41, 5.74) is 1.17. The Morgan fingerprint density at radius 2 is 1.95 bits per heavy atom. The Labute approximate surface area is 130 Å². The average Bonchev–Trinajstić information content (AvgIpc) is 2.43. The first-order chi connectivity index (χ1) is 9.97. The van der Waals surface area contributed by atoms with Crippen LogP contribution < -0.4 is 0 Å². The molecule has 0 aromatic heterocycles. The molecular formula is C14H20N4O2S. The Morgan fingerprint density at radius 1 is 1.29 bits per heavy atom. The molecule has 0 radical (unpaired) electrons. The molecule has 0 spiro atoms. The minimum atomic E-state index is 0.126. The third kappa shape index (κ3) is 4.20. The van der Waals surface area contributed by atoms with Crippen molar-refractivity contribution in [1.29, 1.82) is 0 Å². The van der Waals surface area contributed by atoms with Crippen LogP contribution in [0.3, 0.4) is 0 Å². The summed E-state index contributed by atoms with van der Waals surface area (Å²) in [5, 5.41) is 19.4. The molecule has 7 heteroatoms. The Kier molecular flexibility index (Phi) is 5.22. The molecule has 6 nitrogen and oxygen atoms in total. The van der Waals surface area contributed by atoms with Crippen molar-refractivity contribution in [3.05, 3.63) is 35.8 Å². The van der Waals surface area contributed by atoms with Crippen LogP contribution in [0.25, 0.3) is 0 Å². The van der Waals surface area contributed by atoms with Gasteiger partial charge in [-0.05, 0) is 45.1 Å². The standard InChI is InChI=1S/C14H20N4O2S/c1-10-8-17(9-11(2)20-10)14(21)16-15-12(3)13-6-4-5-7-18(13)19/h4-7,10-11,19H,8-9H2,1-3H3/t10-,11-/m0/s1. The topological polar surface area (TPSA) is 60.7 Å². The van der Waals surface area contributed by atoms with Gasteiger partial charge in [-0.15, -0.1) is 5.11 Å². The van der Waals surface area contributed by atoms with Crippen LogP contribution in [0, 0.1) is 0 Å². The molecule has 0 bridgehead atoms. The lowest BCUT2D eigenvalue weighted by Crippen LogP contribution is -2.47. The minimum absolute atomic E-state index is 0.126. The van der Waals surface area contributed by atoms with Gasteiger partial charge in [0.1, 0.15) is 0 Å². The lowest BCUT2D eigenvalue weighted by Gasteiger charge is -2.35. The Bertz CT molecular complexity index is 517. The van der Waals surface area contributed by atoms with Crippen molar-refractivity contribution in [3.8, 4) is 0 Å². The second kappa shape index (κ2) is 6.93. The fraction of sp³-hybridized carbons (Fsp3) is 0.500. The van der Waals surface area contributed by atoms with E-state index < -0.39 is 0 Å². The lowest BCUT2D eigenvalue weighted by molar-refractivity contribution is -0.0477. The van der Waals surface area contributed by atoms with Crippen molar-refractivity contribution >= 4 is 17.3 Å². The highest BCUT2D eigenvalue weighted by molar-refractivity contribution is 7.80. The fourth-order valence-corrected chi connectivity index (χ4v) is 2.48. The summed E-state index contributed by atoms with van der Waals surface area (Å²) in [6.07, 6.45) is 7.11. The number of thiocarbonyl (C=S) groups is 1. The van der Waals surface area contributed by atoms with E-state index in [1.165, 1.54) is 6.20 Å². The number of hydrogen-bond acceptors (Lipinski definition) is 5. The second-order valence-corrected chi connectivity index (χ2v) is 5.53. The summed E-state index contributed by atoms with van der Waals surface area (Å²) < 4.78 is 5.66. The summed E-state index contributed by atoms with van der Waals surface area (Å²) in [7, 11) is 0. The highest BCUT2D eigenvalue weighted by Crippen LogP contribution is 2.17. The number of azo groups is 1. The first kappa shape index (κ1) is 15.8. The van der Waals surface area contributed by atoms with Gasteiger partial charge in [0.05, 0.1) is 23.6 Å². The molecule has 2 aliphatic heterocycles. The second-order valence-electron chi connectivity index (χ2n) is 5.16. The Morgan fingerprint density at radius 3 is 2.57 bits per heavy atom. The van der Waals surface area contributed by atoms with Crippen molar-refractivity contribution < 1.29 is 9.94 Å². The molecule has 1 N–H and O–H groups in total. The van der Waals surface area contributed by atoms with Gasteiger partial charge in [0.15, 0.2) is 0 Å². The lowest BCUT2D eigenvalue weighted by atomic mass is 10.2. The molecule has 0 saturated carbocycles. The first-order valence-corrected chi connectivity index (χ1v) is 7.28. The van der Waals surface area contributed by atoms with Gasteiger partial charge in [0.25, 0.3) is 0 Å². The predicted octanol–water partition coefficient (Wildman–Crippen LogP) is 2.84. The number of hydroxylamine groups is 2. The maximum Gasteiger partial charge on any atom is 0.216 e. The zero-order valence-electron chi connectivity index (χ0n) is 12.4. The zero-order chi connectivity index (χ0) is 15.4. The molecule has 2 aliphatic rings. The van der Waals surface area contributed by atoms with Crippen LogP contribution in [0.1, 0.15) is 20.8 Å². The number of rotatable bonds is 1. The largest absolute Gasteiger partial charge is 0.372 e. The molecule has 2 heterocycles. The van der Waals surface area contributed by atoms with E-state index in [0.717, 1.165) is 5.06 Å². The molecule has 1 fully saturated rings. The van der Waals surface area contributed by atoms with E-state index in [9.17, 15) is 5.21 Å². The summed E-state index contributed by atoms with van der Waals surface area (Å²) in [6, 6.07) is 0. The first-order valence-electron chi connectivity index (χ1n) is 6.87. The molecule has 21 heavy (non-hydrogen) atoms. The molecule has 114 valence electrons. The van der Waals surface area contributed by atoms with E-state index in [2.05, 4.69) is 10.2 Å². The Balaban J connectivity index is 2.03. The van der Waals surface area contributed by atoms with Crippen LogP contribution in [0.15, 0.2) is 46.1 Å². The van der Waals surface area contributed by atoms with E-state index in [1.807, 2.05) is 24.8 Å². The van der Waals surface area contributed by atoms with Crippen LogP contribution in [-0.2, 0) is 4.74 Å². The monoisotopic (exact) mass is 308 g/mol. The molecule has 1 saturated heterocycles. The summed E-state index contributed by atoms with van der Waals surface area (Å²) in [6.45, 7) is 7.23. The maximum atomic E-state index is 9.70. The Hall–Kier alpha value is -1.57. The van der Waals surface area contributed by atoms with E-state index in [1.54, 1.807) is 19.1 Å². The van der Waals surface area contributed by atoms with Gasteiger partial charge in [-0.1, -0.05) is 6.08 Å². The summed E-state index contributed by atoms with van der Waals surface area (Å²) in [5.74, 6) is 0. The number of nitrogens with zero attached hydrogens (tertiary/aromatic N) is 4. The van der Waals surface area contributed by atoms with Gasteiger partial charge in [-0.2, -0.15) is 5.11 Å². The van der Waals surface area contributed by atoms with Crippen molar-refractivity contribution in [1.82, 2.24) is 9.96 Å². The van der Waals surface area contributed by atoms with Crippen molar-refractivity contribution in [2.75, 3.05) is 13.1 Å². The smallest absolute Gasteiger partial charge is 0.216 e. The van der Waals surface area contributed by atoms with Crippen molar-refractivity contribution in [3.63, 3.8) is 0 Å². The van der Waals surface area contributed by atoms with Gasteiger partial charge < -0.3 is 9.64 Å². The quantitative estimate of drug-likeness (QED) is 0.596. The molecule has 0 aliphatic carbocycles. The van der Waals surface area contributed by atoms with Gasteiger partial charge in [0.2, 0.25) is 5.11 Å². The number of allylic oxidation sites excluding steroid dienone is 4. The van der Waals surface area contributed by atoms with E-state index in [0.29, 0.717) is 29.6 Å². The predicted molar refractivity (Wildman–Crippen MR) is 83.6 cm³/mol. The molecular weight excluding hydrogens is 288 g/mol. The molecule has 2 rings (SSSR count). The highest BCUT2D eigenvalue weighted by atomic mass is 32.1. The van der Waals surface area contributed by atoms with Gasteiger partial charge in [0, 0.05) is 19.3 Å². The van der Waals surface area contributed by atoms with Crippen LogP contribution in [0.4, 0.5) is 0 Å². The van der Waals surface area contributed by atoms with Crippen LogP contribution in [0.5, 0.6) is 0 Å². The maximum absolute atomic E-state index is 9.70. The van der Waals surface area contributed by atoms with Gasteiger partial charge in [-0.3, -0.25) is 5.21 Å². The van der Waals surface area contributed by atoms with Crippen LogP contribution in [0.2, 0.25) is 0 Å². The van der Waals surface area contributed by atoms with Crippen LogP contribution >= 0.6 is 12.2 Å².